The van der Waals surface area contributed by atoms with Gasteiger partial charge in [0.05, 0.1) is 17.7 Å². The summed E-state index contributed by atoms with van der Waals surface area (Å²) in [6, 6.07) is 15.2. The number of carbonyl (C=O) groups is 3. The van der Waals surface area contributed by atoms with Gasteiger partial charge < -0.3 is 15.4 Å². The Balaban J connectivity index is 1.82. The van der Waals surface area contributed by atoms with Gasteiger partial charge in [0.2, 0.25) is 5.91 Å². The van der Waals surface area contributed by atoms with E-state index in [0.29, 0.717) is 22.5 Å². The van der Waals surface area contributed by atoms with Gasteiger partial charge in [0.25, 0.3) is 5.91 Å². The normalized spacial score (nSPS) is 9.69. The summed E-state index contributed by atoms with van der Waals surface area (Å²) in [5, 5.41) is 14.1. The van der Waals surface area contributed by atoms with Gasteiger partial charge >= 0.3 is 5.97 Å². The Labute approximate surface area is 150 Å². The molecule has 26 heavy (non-hydrogen) atoms. The summed E-state index contributed by atoms with van der Waals surface area (Å²) in [7, 11) is 0. The molecule has 0 aliphatic carbocycles. The second kappa shape index (κ2) is 8.99. The van der Waals surface area contributed by atoms with Crippen LogP contribution < -0.4 is 10.6 Å². The van der Waals surface area contributed by atoms with Crippen LogP contribution in [0.4, 0.5) is 11.4 Å². The van der Waals surface area contributed by atoms with Crippen molar-refractivity contribution in [3.63, 3.8) is 0 Å². The van der Waals surface area contributed by atoms with Crippen molar-refractivity contribution >= 4 is 29.2 Å². The van der Waals surface area contributed by atoms with Crippen molar-refractivity contribution < 1.29 is 19.1 Å². The molecular formula is C19H17N3O4. The summed E-state index contributed by atoms with van der Waals surface area (Å²) in [5.41, 5.74) is 2.01. The van der Waals surface area contributed by atoms with Crippen LogP contribution >= 0.6 is 0 Å². The molecule has 0 saturated heterocycles. The largest absolute Gasteiger partial charge is 0.455 e. The third kappa shape index (κ3) is 5.76. The summed E-state index contributed by atoms with van der Waals surface area (Å²) < 4.78 is 4.94. The average molecular weight is 351 g/mol. The van der Waals surface area contributed by atoms with Gasteiger partial charge in [-0.05, 0) is 29.8 Å². The van der Waals surface area contributed by atoms with Crippen molar-refractivity contribution in [2.24, 2.45) is 0 Å². The van der Waals surface area contributed by atoms with E-state index in [1.165, 1.54) is 6.92 Å². The molecule has 2 N–H and O–H groups in total. The summed E-state index contributed by atoms with van der Waals surface area (Å²) >= 11 is 0. The first kappa shape index (κ1) is 18.7. The van der Waals surface area contributed by atoms with Crippen LogP contribution in [0, 0.1) is 11.3 Å². The Morgan fingerprint density at radius 1 is 1.04 bits per heavy atom. The molecule has 0 spiro atoms. The molecule has 0 saturated carbocycles. The van der Waals surface area contributed by atoms with Gasteiger partial charge in [0.15, 0.2) is 6.61 Å². The standard InChI is InChI=1S/C19H17N3O4/c1-13(23)21-16-8-6-14(7-9-16)10-19(25)26-12-18(24)22-17-5-3-2-4-15(17)11-20/h2-9H,10,12H2,1H3,(H,21,23)(H,22,24). The fourth-order valence-corrected chi connectivity index (χ4v) is 2.15. The molecule has 132 valence electrons. The average Bonchev–Trinajstić information content (AvgIpc) is 2.62. The second-order valence-electron chi connectivity index (χ2n) is 5.42. The molecule has 2 aromatic carbocycles. The highest BCUT2D eigenvalue weighted by molar-refractivity contribution is 5.94. The highest BCUT2D eigenvalue weighted by Crippen LogP contribution is 2.13. The molecule has 2 rings (SSSR count). The molecule has 0 bridgehead atoms. The first-order valence-electron chi connectivity index (χ1n) is 7.79. The number of carbonyl (C=O) groups excluding carboxylic acids is 3. The molecular weight excluding hydrogens is 334 g/mol. The Morgan fingerprint density at radius 3 is 2.38 bits per heavy atom. The summed E-state index contributed by atoms with van der Waals surface area (Å²) in [4.78, 5) is 34.6. The molecule has 7 nitrogen and oxygen atoms in total. The Bertz CT molecular complexity index is 854. The molecule has 2 amide bonds. The zero-order valence-corrected chi connectivity index (χ0v) is 14.1. The van der Waals surface area contributed by atoms with Gasteiger partial charge in [0, 0.05) is 12.6 Å². The molecule has 2 aromatic rings. The van der Waals surface area contributed by atoms with Crippen molar-refractivity contribution in [1.82, 2.24) is 0 Å². The maximum Gasteiger partial charge on any atom is 0.310 e. The molecule has 0 radical (unpaired) electrons. The van der Waals surface area contributed by atoms with Crippen LogP contribution in [0.3, 0.4) is 0 Å². The van der Waals surface area contributed by atoms with Crippen LogP contribution in [0.2, 0.25) is 0 Å². The number of nitrogens with one attached hydrogen (secondary N) is 2. The highest BCUT2D eigenvalue weighted by atomic mass is 16.5. The molecule has 0 unspecified atom stereocenters. The Hall–Kier alpha value is -3.66. The third-order valence-electron chi connectivity index (χ3n) is 3.31. The number of hydrogen-bond donors (Lipinski definition) is 2. The van der Waals surface area contributed by atoms with E-state index in [1.54, 1.807) is 48.5 Å². The maximum atomic E-state index is 11.8. The van der Waals surface area contributed by atoms with Crippen molar-refractivity contribution in [3.05, 3.63) is 59.7 Å². The lowest BCUT2D eigenvalue weighted by Crippen LogP contribution is -2.22. The van der Waals surface area contributed by atoms with E-state index < -0.39 is 18.5 Å². The second-order valence-corrected chi connectivity index (χ2v) is 5.42. The monoisotopic (exact) mass is 351 g/mol. The van der Waals surface area contributed by atoms with Gasteiger partial charge in [0.1, 0.15) is 6.07 Å². The van der Waals surface area contributed by atoms with Gasteiger partial charge in [-0.15, -0.1) is 0 Å². The third-order valence-corrected chi connectivity index (χ3v) is 3.31. The lowest BCUT2D eigenvalue weighted by Gasteiger charge is -2.08. The van der Waals surface area contributed by atoms with Gasteiger partial charge in [-0.25, -0.2) is 0 Å². The number of anilines is 2. The number of nitrogens with zero attached hydrogens (tertiary/aromatic N) is 1. The lowest BCUT2D eigenvalue weighted by atomic mass is 10.1. The number of amides is 2. The van der Waals surface area contributed by atoms with E-state index in [1.807, 2.05) is 6.07 Å². The van der Waals surface area contributed by atoms with E-state index in [4.69, 9.17) is 10.00 Å². The number of esters is 1. The quantitative estimate of drug-likeness (QED) is 0.776. The van der Waals surface area contributed by atoms with Crippen LogP contribution in [0.25, 0.3) is 0 Å². The van der Waals surface area contributed by atoms with Gasteiger partial charge in [-0.1, -0.05) is 24.3 Å². The molecule has 0 fully saturated rings. The van der Waals surface area contributed by atoms with Crippen molar-refractivity contribution in [3.8, 4) is 6.07 Å². The van der Waals surface area contributed by atoms with E-state index in [0.717, 1.165) is 0 Å². The lowest BCUT2D eigenvalue weighted by molar-refractivity contribution is -0.146. The minimum Gasteiger partial charge on any atom is -0.455 e. The summed E-state index contributed by atoms with van der Waals surface area (Å²) in [6.45, 7) is 0.966. The Morgan fingerprint density at radius 2 is 1.73 bits per heavy atom. The number of rotatable bonds is 6. The van der Waals surface area contributed by atoms with Crippen molar-refractivity contribution in [2.45, 2.75) is 13.3 Å². The molecule has 0 heterocycles. The number of benzene rings is 2. The van der Waals surface area contributed by atoms with E-state index in [9.17, 15) is 14.4 Å². The fraction of sp³-hybridized carbons (Fsp3) is 0.158. The smallest absolute Gasteiger partial charge is 0.310 e. The predicted octanol–water partition coefficient (Wildman–Crippen LogP) is 2.24. The van der Waals surface area contributed by atoms with Crippen LogP contribution in [0.1, 0.15) is 18.1 Å². The summed E-state index contributed by atoms with van der Waals surface area (Å²) in [5.74, 6) is -1.26. The van der Waals surface area contributed by atoms with E-state index in [-0.39, 0.29) is 12.3 Å². The van der Waals surface area contributed by atoms with Crippen LogP contribution in [0.15, 0.2) is 48.5 Å². The van der Waals surface area contributed by atoms with Crippen LogP contribution in [-0.4, -0.2) is 24.4 Å². The number of nitriles is 1. The molecule has 0 aliphatic heterocycles. The van der Waals surface area contributed by atoms with Gasteiger partial charge in [-0.2, -0.15) is 5.26 Å². The predicted molar refractivity (Wildman–Crippen MR) is 95.2 cm³/mol. The Kier molecular flexibility index (Phi) is 6.46. The highest BCUT2D eigenvalue weighted by Gasteiger charge is 2.10. The van der Waals surface area contributed by atoms with Crippen LogP contribution in [0.5, 0.6) is 0 Å². The minimum absolute atomic E-state index is 0.00239. The van der Waals surface area contributed by atoms with Crippen LogP contribution in [-0.2, 0) is 25.5 Å². The molecule has 7 heteroatoms. The molecule has 0 atom stereocenters. The SMILES string of the molecule is CC(=O)Nc1ccc(CC(=O)OCC(=O)Nc2ccccc2C#N)cc1. The first-order valence-corrected chi connectivity index (χ1v) is 7.79. The topological polar surface area (TPSA) is 108 Å². The van der Waals surface area contributed by atoms with Crippen molar-refractivity contribution in [2.75, 3.05) is 17.2 Å². The fourth-order valence-electron chi connectivity index (χ4n) is 2.15. The molecule has 0 aromatic heterocycles. The van der Waals surface area contributed by atoms with E-state index in [2.05, 4.69) is 10.6 Å². The minimum atomic E-state index is -0.555. The number of para-hydroxylation sites is 1. The first-order chi connectivity index (χ1) is 12.5. The number of ether oxygens (including phenoxy) is 1. The molecule has 0 aliphatic rings. The zero-order valence-electron chi connectivity index (χ0n) is 14.1. The van der Waals surface area contributed by atoms with Crippen molar-refractivity contribution in [1.29, 1.82) is 5.26 Å². The summed E-state index contributed by atoms with van der Waals surface area (Å²) in [6.07, 6.45) is 0.00239. The number of hydrogen-bond acceptors (Lipinski definition) is 5. The van der Waals surface area contributed by atoms with Gasteiger partial charge in [-0.3, -0.25) is 14.4 Å². The maximum absolute atomic E-state index is 11.8. The zero-order chi connectivity index (χ0) is 18.9. The van der Waals surface area contributed by atoms with E-state index >= 15 is 0 Å².